The van der Waals surface area contributed by atoms with Crippen molar-refractivity contribution in [3.05, 3.63) is 40.7 Å². The predicted molar refractivity (Wildman–Crippen MR) is 112 cm³/mol. The average Bonchev–Trinajstić information content (AvgIpc) is 2.56. The third-order valence-electron chi connectivity index (χ3n) is 3.81. The van der Waals surface area contributed by atoms with Crippen molar-refractivity contribution in [3.8, 4) is 0 Å². The van der Waals surface area contributed by atoms with Gasteiger partial charge in [-0.2, -0.15) is 0 Å². The number of halogens is 2. The summed E-state index contributed by atoms with van der Waals surface area (Å²) in [7, 11) is 0. The zero-order chi connectivity index (χ0) is 22.2. The van der Waals surface area contributed by atoms with Crippen LogP contribution in [0.1, 0.15) is 53.0 Å². The number of rotatable bonds is 9. The van der Waals surface area contributed by atoms with Crippen LogP contribution >= 0.6 is 11.6 Å². The average molecular weight is 426 g/mol. The lowest BCUT2D eigenvalue weighted by Crippen LogP contribution is -2.38. The Labute approximate surface area is 176 Å². The van der Waals surface area contributed by atoms with Gasteiger partial charge in [0.2, 0.25) is 5.91 Å². The Balaban J connectivity index is 2.71. The summed E-state index contributed by atoms with van der Waals surface area (Å²) in [5.74, 6) is -2.18. The molecule has 0 heterocycles. The van der Waals surface area contributed by atoms with Gasteiger partial charge in [0.15, 0.2) is 5.78 Å². The smallest absolute Gasteiger partial charge is 0.325 e. The Hall–Kier alpha value is -2.21. The first-order valence-electron chi connectivity index (χ1n) is 9.53. The number of allylic oxidation sites excluding steroid dienone is 1. The quantitative estimate of drug-likeness (QED) is 0.464. The number of benzene rings is 1. The van der Waals surface area contributed by atoms with E-state index in [1.165, 1.54) is 24.3 Å². The Bertz CT molecular complexity index is 769. The number of carbonyl (C=O) groups is 3. The summed E-state index contributed by atoms with van der Waals surface area (Å²) in [6.07, 6.45) is 3.05. The number of hydrogen-bond donors (Lipinski definition) is 1. The van der Waals surface area contributed by atoms with Crippen LogP contribution in [0.4, 0.5) is 4.39 Å². The van der Waals surface area contributed by atoms with Crippen molar-refractivity contribution in [2.75, 3.05) is 6.54 Å². The lowest BCUT2D eigenvalue weighted by atomic mass is 9.91. The van der Waals surface area contributed by atoms with Gasteiger partial charge in [-0.3, -0.25) is 14.4 Å². The first-order chi connectivity index (χ1) is 13.4. The molecule has 0 saturated carbocycles. The van der Waals surface area contributed by atoms with Crippen LogP contribution in [-0.2, 0) is 19.1 Å². The second-order valence-corrected chi connectivity index (χ2v) is 8.74. The van der Waals surface area contributed by atoms with Crippen molar-refractivity contribution >= 4 is 35.3 Å². The second-order valence-electron chi connectivity index (χ2n) is 8.30. The summed E-state index contributed by atoms with van der Waals surface area (Å²) in [6.45, 7) is 8.84. The first kappa shape index (κ1) is 24.8. The molecule has 0 radical (unpaired) electrons. The highest BCUT2D eigenvalue weighted by atomic mass is 35.5. The van der Waals surface area contributed by atoms with E-state index in [-0.39, 0.29) is 41.2 Å². The number of carbonyl (C=O) groups excluding carboxylic acids is 3. The molecule has 1 N–H and O–H groups in total. The monoisotopic (exact) mass is 425 g/mol. The predicted octanol–water partition coefficient (Wildman–Crippen LogP) is 4.57. The topological polar surface area (TPSA) is 72.5 Å². The molecular weight excluding hydrogens is 397 g/mol. The SMILES string of the molecule is CC(C)C[C@H](CC(=O)/C=C/c1ccc(Cl)cc1F)C(=O)NCC(=O)OC(C)(C)C. The van der Waals surface area contributed by atoms with Gasteiger partial charge in [0.05, 0.1) is 0 Å². The Morgan fingerprint density at radius 1 is 1.24 bits per heavy atom. The van der Waals surface area contributed by atoms with Crippen LogP contribution in [-0.4, -0.2) is 29.8 Å². The zero-order valence-corrected chi connectivity index (χ0v) is 18.3. The minimum Gasteiger partial charge on any atom is -0.459 e. The molecule has 0 saturated heterocycles. The maximum Gasteiger partial charge on any atom is 0.325 e. The molecule has 0 unspecified atom stereocenters. The molecule has 160 valence electrons. The minimum atomic E-state index is -0.642. The highest BCUT2D eigenvalue weighted by Crippen LogP contribution is 2.19. The molecule has 1 rings (SSSR count). The maximum absolute atomic E-state index is 13.8. The van der Waals surface area contributed by atoms with Gasteiger partial charge in [-0.05, 0) is 57.4 Å². The highest BCUT2D eigenvalue weighted by molar-refractivity contribution is 6.30. The first-order valence-corrected chi connectivity index (χ1v) is 9.90. The fourth-order valence-corrected chi connectivity index (χ4v) is 2.82. The van der Waals surface area contributed by atoms with Crippen molar-refractivity contribution in [2.45, 2.75) is 53.1 Å². The summed E-state index contributed by atoms with van der Waals surface area (Å²) in [5, 5.41) is 2.81. The minimum absolute atomic E-state index is 0.0377. The van der Waals surface area contributed by atoms with Crippen molar-refractivity contribution < 1.29 is 23.5 Å². The molecule has 0 spiro atoms. The summed E-state index contributed by atoms with van der Waals surface area (Å²) in [6, 6.07) is 4.17. The van der Waals surface area contributed by atoms with Gasteiger partial charge < -0.3 is 10.1 Å². The molecule has 0 fully saturated rings. The summed E-state index contributed by atoms with van der Waals surface area (Å²) < 4.78 is 19.0. The van der Waals surface area contributed by atoms with E-state index < -0.39 is 23.3 Å². The van der Waals surface area contributed by atoms with Crippen LogP contribution in [0, 0.1) is 17.7 Å². The number of esters is 1. The number of nitrogens with one attached hydrogen (secondary N) is 1. The second kappa shape index (κ2) is 11.1. The van der Waals surface area contributed by atoms with Gasteiger partial charge >= 0.3 is 5.97 Å². The van der Waals surface area contributed by atoms with Crippen LogP contribution in [0.25, 0.3) is 6.08 Å². The molecular formula is C22H29ClFNO4. The Morgan fingerprint density at radius 2 is 1.90 bits per heavy atom. The number of hydrogen-bond acceptors (Lipinski definition) is 4. The summed E-state index contributed by atoms with van der Waals surface area (Å²) >= 11 is 5.71. The van der Waals surface area contributed by atoms with Crippen LogP contribution in [0.3, 0.4) is 0 Å². The fraction of sp³-hybridized carbons (Fsp3) is 0.500. The van der Waals surface area contributed by atoms with Gasteiger partial charge in [0, 0.05) is 22.9 Å². The Kier molecular flexibility index (Phi) is 9.50. The van der Waals surface area contributed by atoms with Gasteiger partial charge in [-0.15, -0.1) is 0 Å². The number of ether oxygens (including phenoxy) is 1. The van der Waals surface area contributed by atoms with Gasteiger partial charge in [0.1, 0.15) is 18.0 Å². The van der Waals surface area contributed by atoms with E-state index in [0.29, 0.717) is 6.42 Å². The number of ketones is 1. The van der Waals surface area contributed by atoms with E-state index in [1.54, 1.807) is 20.8 Å². The third kappa shape index (κ3) is 10.2. The van der Waals surface area contributed by atoms with Crippen molar-refractivity contribution in [1.82, 2.24) is 5.32 Å². The largest absolute Gasteiger partial charge is 0.459 e. The maximum atomic E-state index is 13.8. The Morgan fingerprint density at radius 3 is 2.45 bits per heavy atom. The van der Waals surface area contributed by atoms with Crippen molar-refractivity contribution in [1.29, 1.82) is 0 Å². The molecule has 1 atom stereocenters. The molecule has 1 aromatic carbocycles. The van der Waals surface area contributed by atoms with Crippen molar-refractivity contribution in [3.63, 3.8) is 0 Å². The summed E-state index contributed by atoms with van der Waals surface area (Å²) in [5.41, 5.74) is -0.408. The lowest BCUT2D eigenvalue weighted by Gasteiger charge is -2.21. The molecule has 0 aliphatic heterocycles. The van der Waals surface area contributed by atoms with Gasteiger partial charge in [-0.1, -0.05) is 31.5 Å². The molecule has 5 nitrogen and oxygen atoms in total. The highest BCUT2D eigenvalue weighted by Gasteiger charge is 2.24. The van der Waals surface area contributed by atoms with E-state index in [0.717, 1.165) is 6.07 Å². The van der Waals surface area contributed by atoms with Crippen LogP contribution in [0.5, 0.6) is 0 Å². The molecule has 0 bridgehead atoms. The molecule has 0 aliphatic rings. The van der Waals surface area contributed by atoms with E-state index >= 15 is 0 Å². The molecule has 0 aliphatic carbocycles. The molecule has 7 heteroatoms. The molecule has 1 aromatic rings. The van der Waals surface area contributed by atoms with E-state index in [1.807, 2.05) is 13.8 Å². The van der Waals surface area contributed by atoms with Crippen molar-refractivity contribution in [2.24, 2.45) is 11.8 Å². The third-order valence-corrected chi connectivity index (χ3v) is 4.05. The van der Waals surface area contributed by atoms with E-state index in [4.69, 9.17) is 16.3 Å². The molecule has 1 amide bonds. The lowest BCUT2D eigenvalue weighted by molar-refractivity contribution is -0.154. The number of amides is 1. The van der Waals surface area contributed by atoms with E-state index in [9.17, 15) is 18.8 Å². The van der Waals surface area contributed by atoms with E-state index in [2.05, 4.69) is 5.32 Å². The fourth-order valence-electron chi connectivity index (χ4n) is 2.66. The molecule has 0 aromatic heterocycles. The van der Waals surface area contributed by atoms with Crippen LogP contribution < -0.4 is 5.32 Å². The molecule has 29 heavy (non-hydrogen) atoms. The summed E-state index contributed by atoms with van der Waals surface area (Å²) in [4.78, 5) is 36.6. The van der Waals surface area contributed by atoms with Crippen LogP contribution in [0.15, 0.2) is 24.3 Å². The van der Waals surface area contributed by atoms with Gasteiger partial charge in [0.25, 0.3) is 0 Å². The van der Waals surface area contributed by atoms with Crippen LogP contribution in [0.2, 0.25) is 5.02 Å². The standard InChI is InChI=1S/C22H29ClFNO4/c1-14(2)10-16(21(28)25-13-20(27)29-22(3,4)5)11-18(26)9-7-15-6-8-17(23)12-19(15)24/h6-9,12,14,16H,10-11,13H2,1-5H3,(H,25,28)/b9-7+/t16-/m1/s1. The van der Waals surface area contributed by atoms with Gasteiger partial charge in [-0.25, -0.2) is 4.39 Å². The normalized spacial score (nSPS) is 12.8. The zero-order valence-electron chi connectivity index (χ0n) is 17.6.